The van der Waals surface area contributed by atoms with Gasteiger partial charge in [-0.25, -0.2) is 9.78 Å². The highest BCUT2D eigenvalue weighted by molar-refractivity contribution is 5.92. The number of aromatic nitrogens is 3. The Hall–Kier alpha value is -2.76. The smallest absolute Gasteiger partial charge is 0.319 e. The summed E-state index contributed by atoms with van der Waals surface area (Å²) in [5.74, 6) is 0.812. The number of nitrogens with one attached hydrogen (secondary N) is 2. The lowest BCUT2D eigenvalue weighted by molar-refractivity contribution is 0.251. The molecular weight excluding hydrogens is 290 g/mol. The van der Waals surface area contributed by atoms with Crippen molar-refractivity contribution >= 4 is 22.6 Å². The number of carbonyl (C=O) groups is 1. The van der Waals surface area contributed by atoms with Crippen LogP contribution in [0.4, 0.5) is 10.5 Å². The summed E-state index contributed by atoms with van der Waals surface area (Å²) in [6.07, 6.45) is 6.72. The van der Waals surface area contributed by atoms with Gasteiger partial charge in [0.15, 0.2) is 0 Å². The number of rotatable bonds is 5. The summed E-state index contributed by atoms with van der Waals surface area (Å²) >= 11 is 0. The standard InChI is InChI=1S/C17H21N5O/c1-3-8-22-9-6-13-4-5-14(11-15(13)22)20-17(23)19-12-16-18-7-10-21(16)2/h4-7,9-11H,3,8,12H2,1-2H3,(H2,19,20,23). The van der Waals surface area contributed by atoms with Crippen molar-refractivity contribution in [2.24, 2.45) is 7.05 Å². The zero-order valence-corrected chi connectivity index (χ0v) is 13.4. The van der Waals surface area contributed by atoms with Crippen molar-refractivity contribution in [3.05, 3.63) is 48.7 Å². The molecule has 0 atom stereocenters. The molecule has 0 aliphatic carbocycles. The molecule has 0 aliphatic heterocycles. The van der Waals surface area contributed by atoms with Gasteiger partial charge in [-0.2, -0.15) is 0 Å². The largest absolute Gasteiger partial charge is 0.347 e. The highest BCUT2D eigenvalue weighted by atomic mass is 16.2. The van der Waals surface area contributed by atoms with E-state index in [1.54, 1.807) is 6.20 Å². The molecule has 0 spiro atoms. The van der Waals surface area contributed by atoms with Gasteiger partial charge in [-0.1, -0.05) is 13.0 Å². The van der Waals surface area contributed by atoms with E-state index in [9.17, 15) is 4.79 Å². The van der Waals surface area contributed by atoms with Crippen LogP contribution in [0.2, 0.25) is 0 Å². The normalized spacial score (nSPS) is 10.9. The molecule has 2 aromatic heterocycles. The molecule has 0 radical (unpaired) electrons. The minimum atomic E-state index is -0.235. The molecule has 2 heterocycles. The van der Waals surface area contributed by atoms with E-state index in [-0.39, 0.29) is 6.03 Å². The van der Waals surface area contributed by atoms with Crippen molar-refractivity contribution in [3.63, 3.8) is 0 Å². The first-order valence-corrected chi connectivity index (χ1v) is 7.77. The Morgan fingerprint density at radius 1 is 1.26 bits per heavy atom. The number of aryl methyl sites for hydroxylation is 2. The number of benzene rings is 1. The van der Waals surface area contributed by atoms with E-state index >= 15 is 0 Å². The molecule has 0 saturated carbocycles. The molecule has 0 aliphatic rings. The Morgan fingerprint density at radius 3 is 2.87 bits per heavy atom. The van der Waals surface area contributed by atoms with Gasteiger partial charge in [-0.05, 0) is 30.0 Å². The maximum atomic E-state index is 12.0. The highest BCUT2D eigenvalue weighted by Gasteiger charge is 2.06. The number of carbonyl (C=O) groups excluding carboxylic acids is 1. The van der Waals surface area contributed by atoms with Crippen LogP contribution in [0.1, 0.15) is 19.2 Å². The van der Waals surface area contributed by atoms with Crippen LogP contribution in [0.3, 0.4) is 0 Å². The maximum absolute atomic E-state index is 12.0. The predicted molar refractivity (Wildman–Crippen MR) is 91.3 cm³/mol. The second kappa shape index (κ2) is 6.56. The van der Waals surface area contributed by atoms with Crippen LogP contribution in [0, 0.1) is 0 Å². The minimum absolute atomic E-state index is 0.235. The van der Waals surface area contributed by atoms with Crippen LogP contribution in [-0.4, -0.2) is 20.1 Å². The molecule has 6 heteroatoms. The van der Waals surface area contributed by atoms with E-state index in [4.69, 9.17) is 0 Å². The van der Waals surface area contributed by atoms with Crippen molar-refractivity contribution in [2.45, 2.75) is 26.4 Å². The fourth-order valence-corrected chi connectivity index (χ4v) is 2.60. The second-order valence-corrected chi connectivity index (χ2v) is 5.54. The number of imidazole rings is 1. The van der Waals surface area contributed by atoms with E-state index in [1.165, 1.54) is 5.39 Å². The summed E-state index contributed by atoms with van der Waals surface area (Å²) in [5.41, 5.74) is 1.92. The van der Waals surface area contributed by atoms with Crippen LogP contribution < -0.4 is 10.6 Å². The van der Waals surface area contributed by atoms with Crippen LogP contribution in [0.15, 0.2) is 42.9 Å². The Bertz CT molecular complexity index is 817. The number of amides is 2. The average Bonchev–Trinajstić information content (AvgIpc) is 3.12. The van der Waals surface area contributed by atoms with Crippen molar-refractivity contribution in [1.82, 2.24) is 19.4 Å². The molecule has 0 bridgehead atoms. The maximum Gasteiger partial charge on any atom is 0.319 e. The summed E-state index contributed by atoms with van der Waals surface area (Å²) in [7, 11) is 1.90. The van der Waals surface area contributed by atoms with Crippen molar-refractivity contribution < 1.29 is 4.79 Å². The number of fused-ring (bicyclic) bond motifs is 1. The molecule has 1 aromatic carbocycles. The monoisotopic (exact) mass is 311 g/mol. The van der Waals surface area contributed by atoms with Gasteiger partial charge in [-0.3, -0.25) is 0 Å². The molecule has 0 unspecified atom stereocenters. The molecule has 2 amide bonds. The molecule has 23 heavy (non-hydrogen) atoms. The van der Waals surface area contributed by atoms with Gasteiger partial charge in [0, 0.05) is 37.9 Å². The third kappa shape index (κ3) is 3.36. The number of hydrogen-bond donors (Lipinski definition) is 2. The predicted octanol–water partition coefficient (Wildman–Crippen LogP) is 3.11. The van der Waals surface area contributed by atoms with Gasteiger partial charge in [0.25, 0.3) is 0 Å². The molecular formula is C17H21N5O. The average molecular weight is 311 g/mol. The molecule has 6 nitrogen and oxygen atoms in total. The summed E-state index contributed by atoms with van der Waals surface area (Å²) in [6, 6.07) is 7.80. The molecule has 2 N–H and O–H groups in total. The zero-order chi connectivity index (χ0) is 16.2. The number of anilines is 1. The summed E-state index contributed by atoms with van der Waals surface area (Å²) in [5, 5.41) is 6.87. The zero-order valence-electron chi connectivity index (χ0n) is 13.4. The summed E-state index contributed by atoms with van der Waals surface area (Å²) in [4.78, 5) is 16.2. The van der Waals surface area contributed by atoms with E-state index in [0.717, 1.165) is 30.0 Å². The lowest BCUT2D eigenvalue weighted by atomic mass is 10.2. The third-order valence-electron chi connectivity index (χ3n) is 3.82. The van der Waals surface area contributed by atoms with E-state index in [1.807, 2.05) is 36.0 Å². The summed E-state index contributed by atoms with van der Waals surface area (Å²) < 4.78 is 4.08. The van der Waals surface area contributed by atoms with Crippen LogP contribution >= 0.6 is 0 Å². The molecule has 3 rings (SSSR count). The van der Waals surface area contributed by atoms with Gasteiger partial charge >= 0.3 is 6.03 Å². The lowest BCUT2D eigenvalue weighted by Crippen LogP contribution is -2.29. The fraction of sp³-hybridized carbons (Fsp3) is 0.294. The Balaban J connectivity index is 1.67. The van der Waals surface area contributed by atoms with Crippen LogP contribution in [-0.2, 0) is 20.1 Å². The quantitative estimate of drug-likeness (QED) is 0.760. The summed E-state index contributed by atoms with van der Waals surface area (Å²) in [6.45, 7) is 3.51. The minimum Gasteiger partial charge on any atom is -0.347 e. The molecule has 3 aromatic rings. The number of urea groups is 1. The lowest BCUT2D eigenvalue weighted by Gasteiger charge is -2.09. The fourth-order valence-electron chi connectivity index (χ4n) is 2.60. The Kier molecular flexibility index (Phi) is 4.32. The van der Waals surface area contributed by atoms with Gasteiger partial charge in [0.2, 0.25) is 0 Å². The first-order valence-electron chi connectivity index (χ1n) is 7.77. The van der Waals surface area contributed by atoms with Crippen molar-refractivity contribution in [1.29, 1.82) is 0 Å². The second-order valence-electron chi connectivity index (χ2n) is 5.54. The van der Waals surface area contributed by atoms with Gasteiger partial charge in [0.05, 0.1) is 12.1 Å². The van der Waals surface area contributed by atoms with Gasteiger partial charge in [-0.15, -0.1) is 0 Å². The Labute approximate surface area is 135 Å². The number of nitrogens with zero attached hydrogens (tertiary/aromatic N) is 3. The van der Waals surface area contributed by atoms with Gasteiger partial charge in [0.1, 0.15) is 5.82 Å². The van der Waals surface area contributed by atoms with Crippen molar-refractivity contribution in [2.75, 3.05) is 5.32 Å². The van der Waals surface area contributed by atoms with Crippen LogP contribution in [0.25, 0.3) is 10.9 Å². The van der Waals surface area contributed by atoms with Crippen molar-refractivity contribution in [3.8, 4) is 0 Å². The SMILES string of the molecule is CCCn1ccc2ccc(NC(=O)NCc3nccn3C)cc21. The van der Waals surface area contributed by atoms with Gasteiger partial charge < -0.3 is 19.8 Å². The topological polar surface area (TPSA) is 63.9 Å². The van der Waals surface area contributed by atoms with E-state index in [2.05, 4.69) is 39.4 Å². The molecule has 120 valence electrons. The van der Waals surface area contributed by atoms with Crippen LogP contribution in [0.5, 0.6) is 0 Å². The first-order chi connectivity index (χ1) is 11.2. The van der Waals surface area contributed by atoms with E-state index < -0.39 is 0 Å². The Morgan fingerprint density at radius 2 is 2.13 bits per heavy atom. The third-order valence-corrected chi connectivity index (χ3v) is 3.82. The number of hydrogen-bond acceptors (Lipinski definition) is 2. The molecule has 0 saturated heterocycles. The highest BCUT2D eigenvalue weighted by Crippen LogP contribution is 2.20. The van der Waals surface area contributed by atoms with E-state index in [0.29, 0.717) is 6.54 Å². The first kappa shape index (κ1) is 15.1. The molecule has 0 fully saturated rings.